The van der Waals surface area contributed by atoms with Gasteiger partial charge in [0.25, 0.3) is 0 Å². The standard InChI is InChI=1S/C18H22O8/c1-21-10-24-14-6-12(7-17(20)23-3)18(16(8-14)25-11-22-2)15-5-4-13(9-19)26-15/h4-6,8,19H,7,9-11H2,1-3H3. The van der Waals surface area contributed by atoms with E-state index >= 15 is 0 Å². The van der Waals surface area contributed by atoms with Crippen molar-refractivity contribution in [1.82, 2.24) is 0 Å². The highest BCUT2D eigenvalue weighted by molar-refractivity contribution is 5.80. The number of aliphatic hydroxyl groups excluding tert-OH is 1. The van der Waals surface area contributed by atoms with Gasteiger partial charge in [0.1, 0.15) is 29.6 Å². The van der Waals surface area contributed by atoms with Crippen molar-refractivity contribution in [2.24, 2.45) is 0 Å². The molecule has 2 rings (SSSR count). The maximum atomic E-state index is 11.9. The highest BCUT2D eigenvalue weighted by Gasteiger charge is 2.20. The van der Waals surface area contributed by atoms with Gasteiger partial charge in [-0.05, 0) is 23.8 Å². The Morgan fingerprint density at radius 1 is 1.08 bits per heavy atom. The largest absolute Gasteiger partial charge is 0.469 e. The number of furan rings is 1. The fraction of sp³-hybridized carbons (Fsp3) is 0.389. The number of carbonyl (C=O) groups excluding carboxylic acids is 1. The van der Waals surface area contributed by atoms with Crippen molar-refractivity contribution in [1.29, 1.82) is 0 Å². The van der Waals surface area contributed by atoms with Crippen LogP contribution in [0.2, 0.25) is 0 Å². The fourth-order valence-corrected chi connectivity index (χ4v) is 2.34. The molecule has 0 atom stereocenters. The Bertz CT molecular complexity index is 722. The van der Waals surface area contributed by atoms with Crippen molar-refractivity contribution in [3.05, 3.63) is 35.6 Å². The van der Waals surface area contributed by atoms with E-state index in [0.717, 1.165) is 0 Å². The number of benzene rings is 1. The van der Waals surface area contributed by atoms with Crippen LogP contribution in [0.15, 0.2) is 28.7 Å². The SMILES string of the molecule is COCOc1cc(CC(=O)OC)c(-c2ccc(CO)o2)c(OCOC)c1. The number of hydrogen-bond acceptors (Lipinski definition) is 8. The second kappa shape index (κ2) is 9.81. The third-order valence-corrected chi connectivity index (χ3v) is 3.46. The molecule has 0 spiro atoms. The number of methoxy groups -OCH3 is 3. The molecule has 1 aromatic carbocycles. The van der Waals surface area contributed by atoms with Crippen LogP contribution in [0.5, 0.6) is 11.5 Å². The summed E-state index contributed by atoms with van der Waals surface area (Å²) in [5, 5.41) is 9.25. The average Bonchev–Trinajstić information content (AvgIpc) is 3.13. The van der Waals surface area contributed by atoms with Crippen LogP contribution in [0.4, 0.5) is 0 Å². The van der Waals surface area contributed by atoms with Crippen LogP contribution in [0.3, 0.4) is 0 Å². The highest BCUT2D eigenvalue weighted by atomic mass is 16.7. The molecule has 2 aromatic rings. The lowest BCUT2D eigenvalue weighted by Crippen LogP contribution is -2.09. The number of hydrogen-bond donors (Lipinski definition) is 1. The molecule has 0 aliphatic carbocycles. The second-order valence-electron chi connectivity index (χ2n) is 5.23. The highest BCUT2D eigenvalue weighted by Crippen LogP contribution is 2.38. The molecule has 0 fully saturated rings. The Morgan fingerprint density at radius 3 is 2.42 bits per heavy atom. The van der Waals surface area contributed by atoms with Gasteiger partial charge in [-0.15, -0.1) is 0 Å². The van der Waals surface area contributed by atoms with Gasteiger partial charge in [-0.3, -0.25) is 4.79 Å². The number of rotatable bonds is 10. The molecule has 8 nitrogen and oxygen atoms in total. The Balaban J connectivity index is 2.55. The van der Waals surface area contributed by atoms with Crippen LogP contribution in [0.25, 0.3) is 11.3 Å². The predicted octanol–water partition coefficient (Wildman–Crippen LogP) is 2.12. The summed E-state index contributed by atoms with van der Waals surface area (Å²) in [5.74, 6) is 1.26. The Labute approximate surface area is 151 Å². The topological polar surface area (TPSA) is 96.6 Å². The minimum atomic E-state index is -0.429. The van der Waals surface area contributed by atoms with E-state index in [2.05, 4.69) is 0 Å². The molecule has 0 aliphatic rings. The van der Waals surface area contributed by atoms with Crippen LogP contribution in [0, 0.1) is 0 Å². The van der Waals surface area contributed by atoms with Crippen LogP contribution < -0.4 is 9.47 Å². The lowest BCUT2D eigenvalue weighted by molar-refractivity contribution is -0.139. The molecule has 1 heterocycles. The number of carbonyl (C=O) groups is 1. The molecule has 0 unspecified atom stereocenters. The first-order valence-electron chi connectivity index (χ1n) is 7.80. The number of esters is 1. The lowest BCUT2D eigenvalue weighted by atomic mass is 10.0. The summed E-state index contributed by atoms with van der Waals surface area (Å²) < 4.78 is 31.4. The molecule has 0 saturated carbocycles. The summed E-state index contributed by atoms with van der Waals surface area (Å²) in [4.78, 5) is 11.9. The quantitative estimate of drug-likeness (QED) is 0.504. The number of aliphatic hydroxyl groups is 1. The minimum absolute atomic E-state index is 0.00798. The van der Waals surface area contributed by atoms with Crippen molar-refractivity contribution in [3.63, 3.8) is 0 Å². The van der Waals surface area contributed by atoms with Crippen molar-refractivity contribution < 1.29 is 38.0 Å². The smallest absolute Gasteiger partial charge is 0.310 e. The van der Waals surface area contributed by atoms with Crippen molar-refractivity contribution in [2.45, 2.75) is 13.0 Å². The van der Waals surface area contributed by atoms with Gasteiger partial charge in [0.15, 0.2) is 13.6 Å². The minimum Gasteiger partial charge on any atom is -0.469 e. The van der Waals surface area contributed by atoms with E-state index in [1.807, 2.05) is 0 Å². The van der Waals surface area contributed by atoms with E-state index in [1.54, 1.807) is 24.3 Å². The molecular weight excluding hydrogens is 344 g/mol. The van der Waals surface area contributed by atoms with E-state index in [1.165, 1.54) is 21.3 Å². The van der Waals surface area contributed by atoms with E-state index in [4.69, 9.17) is 28.1 Å². The Hall–Kier alpha value is -2.55. The first-order chi connectivity index (χ1) is 12.6. The summed E-state index contributed by atoms with van der Waals surface area (Å²) in [6.07, 6.45) is -0.0193. The van der Waals surface area contributed by atoms with E-state index in [-0.39, 0.29) is 26.6 Å². The molecule has 142 valence electrons. The molecule has 0 saturated heterocycles. The van der Waals surface area contributed by atoms with Gasteiger partial charge < -0.3 is 33.2 Å². The second-order valence-corrected chi connectivity index (χ2v) is 5.23. The Morgan fingerprint density at radius 2 is 1.81 bits per heavy atom. The third kappa shape index (κ3) is 4.98. The van der Waals surface area contributed by atoms with Crippen LogP contribution in [-0.4, -0.2) is 46.0 Å². The van der Waals surface area contributed by atoms with Crippen molar-refractivity contribution >= 4 is 5.97 Å². The first-order valence-corrected chi connectivity index (χ1v) is 7.80. The van der Waals surface area contributed by atoms with Crippen LogP contribution in [0.1, 0.15) is 11.3 Å². The van der Waals surface area contributed by atoms with Gasteiger partial charge in [-0.2, -0.15) is 0 Å². The third-order valence-electron chi connectivity index (χ3n) is 3.46. The van der Waals surface area contributed by atoms with Gasteiger partial charge in [-0.1, -0.05) is 0 Å². The first kappa shape index (κ1) is 19.8. The van der Waals surface area contributed by atoms with E-state index in [0.29, 0.717) is 34.1 Å². The zero-order chi connectivity index (χ0) is 18.9. The molecule has 1 aromatic heterocycles. The zero-order valence-electron chi connectivity index (χ0n) is 14.9. The molecule has 0 bridgehead atoms. The Kier molecular flexibility index (Phi) is 7.46. The van der Waals surface area contributed by atoms with Gasteiger partial charge in [0.05, 0.1) is 19.1 Å². The summed E-state index contributed by atoms with van der Waals surface area (Å²) in [5.41, 5.74) is 1.13. The lowest BCUT2D eigenvalue weighted by Gasteiger charge is -2.16. The maximum absolute atomic E-state index is 11.9. The average molecular weight is 366 g/mol. The molecule has 0 amide bonds. The van der Waals surface area contributed by atoms with Gasteiger partial charge in [0.2, 0.25) is 0 Å². The summed E-state index contributed by atoms with van der Waals surface area (Å²) >= 11 is 0. The summed E-state index contributed by atoms with van der Waals surface area (Å²) in [6, 6.07) is 6.67. The van der Waals surface area contributed by atoms with Gasteiger partial charge in [0, 0.05) is 20.3 Å². The molecular formula is C18H22O8. The monoisotopic (exact) mass is 366 g/mol. The maximum Gasteiger partial charge on any atom is 0.310 e. The molecule has 1 N–H and O–H groups in total. The summed E-state index contributed by atoms with van der Waals surface area (Å²) in [7, 11) is 4.31. The van der Waals surface area contributed by atoms with Crippen LogP contribution >= 0.6 is 0 Å². The van der Waals surface area contributed by atoms with Crippen molar-refractivity contribution in [2.75, 3.05) is 34.9 Å². The molecule has 26 heavy (non-hydrogen) atoms. The molecule has 0 aliphatic heterocycles. The fourth-order valence-electron chi connectivity index (χ4n) is 2.34. The van der Waals surface area contributed by atoms with E-state index < -0.39 is 5.97 Å². The predicted molar refractivity (Wildman–Crippen MR) is 90.8 cm³/mol. The molecule has 0 radical (unpaired) electrons. The zero-order valence-corrected chi connectivity index (χ0v) is 14.9. The number of ether oxygens (including phenoxy) is 5. The normalized spacial score (nSPS) is 10.6. The molecule has 8 heteroatoms. The summed E-state index contributed by atoms with van der Waals surface area (Å²) in [6.45, 7) is -0.211. The van der Waals surface area contributed by atoms with Crippen molar-refractivity contribution in [3.8, 4) is 22.8 Å². The van der Waals surface area contributed by atoms with Gasteiger partial charge in [-0.25, -0.2) is 0 Å². The van der Waals surface area contributed by atoms with E-state index in [9.17, 15) is 9.90 Å². The van der Waals surface area contributed by atoms with Gasteiger partial charge >= 0.3 is 5.97 Å². The van der Waals surface area contributed by atoms with Crippen LogP contribution in [-0.2, 0) is 32.0 Å².